The first-order valence-electron chi connectivity index (χ1n) is 10.2. The third-order valence-corrected chi connectivity index (χ3v) is 7.89. The van der Waals surface area contributed by atoms with E-state index in [0.29, 0.717) is 24.9 Å². The van der Waals surface area contributed by atoms with Gasteiger partial charge in [0.05, 0.1) is 10.6 Å². The van der Waals surface area contributed by atoms with Gasteiger partial charge >= 0.3 is 0 Å². The lowest BCUT2D eigenvalue weighted by Crippen LogP contribution is -2.42. The largest absolute Gasteiger partial charge is 0.305 e. The second-order valence-electron chi connectivity index (χ2n) is 7.94. The highest BCUT2D eigenvalue weighted by Gasteiger charge is 2.32. The molecule has 4 rings (SSSR count). The van der Waals surface area contributed by atoms with Crippen molar-refractivity contribution in [3.05, 3.63) is 59.2 Å². The first kappa shape index (κ1) is 20.9. The number of aryl methyl sites for hydroxylation is 1. The maximum absolute atomic E-state index is 14.5. The van der Waals surface area contributed by atoms with Gasteiger partial charge in [0.15, 0.2) is 0 Å². The van der Waals surface area contributed by atoms with Gasteiger partial charge in [0.25, 0.3) is 5.91 Å². The maximum atomic E-state index is 14.5. The van der Waals surface area contributed by atoms with Crippen LogP contribution in [0.5, 0.6) is 0 Å². The molecule has 8 heteroatoms. The van der Waals surface area contributed by atoms with Crippen LogP contribution in [0.2, 0.25) is 0 Å². The monoisotopic (exact) mass is 434 g/mol. The van der Waals surface area contributed by atoms with E-state index in [9.17, 15) is 22.0 Å². The Kier molecular flexibility index (Phi) is 5.63. The summed E-state index contributed by atoms with van der Waals surface area (Å²) in [7, 11) is -3.73. The summed E-state index contributed by atoms with van der Waals surface area (Å²) in [6.07, 6.45) is 3.66. The summed E-state index contributed by atoms with van der Waals surface area (Å²) < 4.78 is 55.8. The van der Waals surface area contributed by atoms with Crippen molar-refractivity contribution < 1.29 is 22.0 Å². The van der Waals surface area contributed by atoms with Crippen molar-refractivity contribution in [2.75, 3.05) is 18.0 Å². The van der Waals surface area contributed by atoms with Crippen LogP contribution in [0.4, 0.5) is 14.5 Å². The highest BCUT2D eigenvalue weighted by atomic mass is 32.2. The Bertz CT molecular complexity index is 1090. The number of amides is 1. The Morgan fingerprint density at radius 1 is 1.07 bits per heavy atom. The fraction of sp³-hybridized carbons (Fsp3) is 0.409. The van der Waals surface area contributed by atoms with Crippen molar-refractivity contribution >= 4 is 21.6 Å². The van der Waals surface area contributed by atoms with Crippen LogP contribution in [0.1, 0.15) is 48.5 Å². The lowest BCUT2D eigenvalue weighted by molar-refractivity contribution is 0.0984. The van der Waals surface area contributed by atoms with Gasteiger partial charge in [0.1, 0.15) is 11.6 Å². The van der Waals surface area contributed by atoms with Crippen LogP contribution in [0.15, 0.2) is 41.3 Å². The average molecular weight is 435 g/mol. The lowest BCUT2D eigenvalue weighted by atomic mass is 10.00. The van der Waals surface area contributed by atoms with Gasteiger partial charge in [0.2, 0.25) is 10.0 Å². The zero-order chi connectivity index (χ0) is 21.5. The van der Waals surface area contributed by atoms with E-state index in [4.69, 9.17) is 0 Å². The normalized spacial score (nSPS) is 20.1. The van der Waals surface area contributed by atoms with Gasteiger partial charge in [0, 0.05) is 30.8 Å². The Morgan fingerprint density at radius 2 is 1.87 bits per heavy atom. The molecule has 2 heterocycles. The van der Waals surface area contributed by atoms with Gasteiger partial charge < -0.3 is 4.90 Å². The number of sulfonamides is 1. The van der Waals surface area contributed by atoms with Gasteiger partial charge in [-0.05, 0) is 62.4 Å². The molecule has 1 amide bonds. The molecule has 30 heavy (non-hydrogen) atoms. The van der Waals surface area contributed by atoms with Crippen molar-refractivity contribution in [3.63, 3.8) is 0 Å². The number of anilines is 1. The molecule has 1 unspecified atom stereocenters. The smallest absolute Gasteiger partial charge is 0.258 e. The number of nitrogens with zero attached hydrogens (tertiary/aromatic N) is 2. The Morgan fingerprint density at radius 3 is 2.63 bits per heavy atom. The number of carbonyl (C=O) groups is 1. The predicted octanol–water partition coefficient (Wildman–Crippen LogP) is 4.12. The molecule has 0 saturated carbocycles. The van der Waals surface area contributed by atoms with Gasteiger partial charge in [-0.25, -0.2) is 17.2 Å². The Hall–Kier alpha value is -2.32. The number of piperidine rings is 1. The van der Waals surface area contributed by atoms with Gasteiger partial charge in [-0.1, -0.05) is 12.5 Å². The second kappa shape index (κ2) is 8.07. The van der Waals surface area contributed by atoms with E-state index in [-0.39, 0.29) is 28.7 Å². The fourth-order valence-electron chi connectivity index (χ4n) is 4.36. The molecule has 0 aliphatic carbocycles. The van der Waals surface area contributed by atoms with Crippen LogP contribution in [0.25, 0.3) is 0 Å². The molecular weight excluding hydrogens is 410 g/mol. The maximum Gasteiger partial charge on any atom is 0.258 e. The zero-order valence-corrected chi connectivity index (χ0v) is 17.6. The predicted molar refractivity (Wildman–Crippen MR) is 110 cm³/mol. The number of rotatable bonds is 3. The van der Waals surface area contributed by atoms with E-state index in [1.54, 1.807) is 0 Å². The lowest BCUT2D eigenvalue weighted by Gasteiger charge is -2.32. The summed E-state index contributed by atoms with van der Waals surface area (Å²) in [5.74, 6) is -1.96. The molecule has 1 fully saturated rings. The summed E-state index contributed by atoms with van der Waals surface area (Å²) in [4.78, 5) is 14.5. The van der Waals surface area contributed by atoms with E-state index in [1.807, 2.05) is 6.92 Å². The standard InChI is InChI=1S/C22H24F2N2O3S/c1-15-6-2-3-11-26(15)30(28,29)19-9-4-7-17(13-19)22(27)25-10-5-8-16-12-18(23)14-20(24)21(16)25/h4,7,9,12-15H,2-3,5-6,8,10-11H2,1H3. The van der Waals surface area contributed by atoms with Crippen molar-refractivity contribution in [1.82, 2.24) is 4.31 Å². The quantitative estimate of drug-likeness (QED) is 0.730. The van der Waals surface area contributed by atoms with Gasteiger partial charge in [-0.15, -0.1) is 0 Å². The molecular formula is C22H24F2N2O3S. The third-order valence-electron chi connectivity index (χ3n) is 5.88. The number of hydrogen-bond donors (Lipinski definition) is 0. The molecule has 1 atom stereocenters. The first-order valence-corrected chi connectivity index (χ1v) is 11.6. The van der Waals surface area contributed by atoms with Crippen LogP contribution >= 0.6 is 0 Å². The molecule has 2 aliphatic heterocycles. The molecule has 1 saturated heterocycles. The molecule has 0 radical (unpaired) electrons. The average Bonchev–Trinajstić information content (AvgIpc) is 2.73. The van der Waals surface area contributed by atoms with Crippen molar-refractivity contribution in [1.29, 1.82) is 0 Å². The van der Waals surface area contributed by atoms with Crippen LogP contribution in [-0.4, -0.2) is 37.8 Å². The van der Waals surface area contributed by atoms with Crippen LogP contribution in [0, 0.1) is 11.6 Å². The number of halogens is 2. The number of fused-ring (bicyclic) bond motifs is 1. The summed E-state index contributed by atoms with van der Waals surface area (Å²) in [5, 5.41) is 0. The number of benzene rings is 2. The third kappa shape index (κ3) is 3.74. The van der Waals surface area contributed by atoms with Crippen molar-refractivity contribution in [3.8, 4) is 0 Å². The highest BCUT2D eigenvalue weighted by Crippen LogP contribution is 2.33. The molecule has 0 aromatic heterocycles. The van der Waals surface area contributed by atoms with E-state index in [0.717, 1.165) is 25.3 Å². The molecule has 0 spiro atoms. The van der Waals surface area contributed by atoms with Crippen molar-refractivity contribution in [2.24, 2.45) is 0 Å². The minimum Gasteiger partial charge on any atom is -0.305 e. The molecule has 0 N–H and O–H groups in total. The van der Waals surface area contributed by atoms with Crippen LogP contribution < -0.4 is 4.90 Å². The van der Waals surface area contributed by atoms with E-state index in [2.05, 4.69) is 0 Å². The fourth-order valence-corrected chi connectivity index (χ4v) is 6.11. The van der Waals surface area contributed by atoms with E-state index in [1.165, 1.54) is 39.5 Å². The SMILES string of the molecule is CC1CCCCN1S(=O)(=O)c1cccc(C(=O)N2CCCc3cc(F)cc(F)c32)c1. The molecule has 2 aromatic rings. The number of carbonyl (C=O) groups excluding carboxylic acids is 1. The molecule has 0 bridgehead atoms. The van der Waals surface area contributed by atoms with Gasteiger partial charge in [-0.3, -0.25) is 4.79 Å². The topological polar surface area (TPSA) is 57.7 Å². The minimum atomic E-state index is -3.73. The molecule has 160 valence electrons. The summed E-state index contributed by atoms with van der Waals surface area (Å²) in [6.45, 7) is 2.63. The van der Waals surface area contributed by atoms with Crippen LogP contribution in [-0.2, 0) is 16.4 Å². The van der Waals surface area contributed by atoms with Crippen molar-refractivity contribution in [2.45, 2.75) is 50.0 Å². The van der Waals surface area contributed by atoms with Crippen LogP contribution in [0.3, 0.4) is 0 Å². The zero-order valence-electron chi connectivity index (χ0n) is 16.8. The first-order chi connectivity index (χ1) is 14.3. The second-order valence-corrected chi connectivity index (χ2v) is 9.83. The minimum absolute atomic E-state index is 0.0545. The molecule has 5 nitrogen and oxygen atoms in total. The Labute approximate surface area is 175 Å². The van der Waals surface area contributed by atoms with E-state index < -0.39 is 27.6 Å². The number of hydrogen-bond acceptors (Lipinski definition) is 3. The Balaban J connectivity index is 1.68. The van der Waals surface area contributed by atoms with E-state index >= 15 is 0 Å². The summed E-state index contributed by atoms with van der Waals surface area (Å²) in [6, 6.07) is 7.81. The highest BCUT2D eigenvalue weighted by molar-refractivity contribution is 7.89. The summed E-state index contributed by atoms with van der Waals surface area (Å²) in [5.41, 5.74) is 0.681. The summed E-state index contributed by atoms with van der Waals surface area (Å²) >= 11 is 0. The molecule has 2 aliphatic rings. The van der Waals surface area contributed by atoms with Gasteiger partial charge in [-0.2, -0.15) is 4.31 Å². The molecule has 2 aromatic carbocycles.